The van der Waals surface area contributed by atoms with Crippen molar-refractivity contribution in [3.05, 3.63) is 212 Å². The van der Waals surface area contributed by atoms with Gasteiger partial charge in [-0.05, 0) is 97.7 Å². The van der Waals surface area contributed by atoms with Crippen LogP contribution in [0.5, 0.6) is 0 Å². The predicted molar refractivity (Wildman–Crippen MR) is 233 cm³/mol. The van der Waals surface area contributed by atoms with E-state index in [0.29, 0.717) is 0 Å². The molecule has 0 bridgehead atoms. The second-order valence-electron chi connectivity index (χ2n) is 13.7. The third kappa shape index (κ3) is 5.84. The number of rotatable bonds is 7. The van der Waals surface area contributed by atoms with Gasteiger partial charge < -0.3 is 4.90 Å². The Morgan fingerprint density at radius 3 is 1.52 bits per heavy atom. The Balaban J connectivity index is 1.04. The fourth-order valence-electron chi connectivity index (χ4n) is 7.77. The van der Waals surface area contributed by atoms with Gasteiger partial charge in [0.15, 0.2) is 0 Å². The standard InChI is InChI=1S/C52H35NS/c1-2-11-36(12-3-1)37-23-25-38(26-24-37)39-27-31-44(32-28-39)53(50-21-10-20-49-48-18-6-7-22-51(48)54-52(49)50)45-33-29-40(30-34-45)42-15-8-16-43(35-42)47-19-9-14-41-13-4-5-17-46(41)47/h1-35H. The molecule has 0 unspecified atom stereocenters. The Bertz CT molecular complexity index is 2900. The van der Waals surface area contributed by atoms with Crippen LogP contribution < -0.4 is 4.90 Å². The quantitative estimate of drug-likeness (QED) is 0.160. The molecule has 0 saturated carbocycles. The van der Waals surface area contributed by atoms with Gasteiger partial charge >= 0.3 is 0 Å². The molecule has 0 spiro atoms. The fourth-order valence-corrected chi connectivity index (χ4v) is 8.98. The Labute approximate surface area is 319 Å². The molecule has 1 heterocycles. The van der Waals surface area contributed by atoms with E-state index in [1.54, 1.807) is 0 Å². The van der Waals surface area contributed by atoms with Crippen molar-refractivity contribution in [2.45, 2.75) is 0 Å². The summed E-state index contributed by atoms with van der Waals surface area (Å²) in [5.74, 6) is 0. The molecule has 0 saturated heterocycles. The number of nitrogens with zero attached hydrogens (tertiary/aromatic N) is 1. The van der Waals surface area contributed by atoms with Crippen molar-refractivity contribution in [2.24, 2.45) is 0 Å². The molecule has 0 atom stereocenters. The summed E-state index contributed by atoms with van der Waals surface area (Å²) in [7, 11) is 0. The molecule has 54 heavy (non-hydrogen) atoms. The largest absolute Gasteiger partial charge is 0.309 e. The zero-order chi connectivity index (χ0) is 35.8. The summed E-state index contributed by atoms with van der Waals surface area (Å²) in [6, 6.07) is 77.0. The van der Waals surface area contributed by atoms with Gasteiger partial charge in [-0.2, -0.15) is 0 Å². The molecular formula is C52H35NS. The SMILES string of the molecule is c1ccc(-c2ccc(-c3ccc(N(c4ccc(-c5cccc(-c6cccc7ccccc67)c5)cc4)c4cccc5c4sc4ccccc45)cc3)cc2)cc1. The van der Waals surface area contributed by atoms with E-state index >= 15 is 0 Å². The van der Waals surface area contributed by atoms with Crippen LogP contribution >= 0.6 is 11.3 Å². The van der Waals surface area contributed by atoms with Crippen LogP contribution in [-0.4, -0.2) is 0 Å². The topological polar surface area (TPSA) is 3.24 Å². The van der Waals surface area contributed by atoms with Crippen LogP contribution in [0.1, 0.15) is 0 Å². The highest BCUT2D eigenvalue weighted by Gasteiger charge is 2.18. The number of anilines is 3. The third-order valence-corrected chi connectivity index (χ3v) is 11.7. The summed E-state index contributed by atoms with van der Waals surface area (Å²) >= 11 is 1.86. The Kier molecular flexibility index (Phi) is 8.09. The first-order valence-electron chi connectivity index (χ1n) is 18.4. The number of thiophene rings is 1. The third-order valence-electron chi connectivity index (χ3n) is 10.5. The van der Waals surface area contributed by atoms with Gasteiger partial charge in [0.05, 0.1) is 10.4 Å². The van der Waals surface area contributed by atoms with Crippen molar-refractivity contribution in [1.29, 1.82) is 0 Å². The highest BCUT2D eigenvalue weighted by atomic mass is 32.1. The normalized spacial score (nSPS) is 11.3. The molecule has 0 aliphatic carbocycles. The number of hydrogen-bond donors (Lipinski definition) is 0. The predicted octanol–water partition coefficient (Wildman–Crippen LogP) is 15.3. The van der Waals surface area contributed by atoms with Crippen LogP contribution in [0.15, 0.2) is 212 Å². The van der Waals surface area contributed by atoms with Crippen molar-refractivity contribution >= 4 is 59.3 Å². The van der Waals surface area contributed by atoms with E-state index < -0.39 is 0 Å². The molecule has 10 rings (SSSR count). The van der Waals surface area contributed by atoms with E-state index in [2.05, 4.69) is 217 Å². The molecule has 0 aliphatic rings. The lowest BCUT2D eigenvalue weighted by atomic mass is 9.95. The van der Waals surface area contributed by atoms with Crippen LogP contribution in [0, 0.1) is 0 Å². The average Bonchev–Trinajstić information content (AvgIpc) is 3.64. The summed E-state index contributed by atoms with van der Waals surface area (Å²) < 4.78 is 2.58. The van der Waals surface area contributed by atoms with E-state index in [4.69, 9.17) is 0 Å². The molecule has 1 aromatic heterocycles. The molecule has 0 amide bonds. The van der Waals surface area contributed by atoms with Gasteiger partial charge in [0, 0.05) is 26.8 Å². The van der Waals surface area contributed by atoms with E-state index in [0.717, 1.165) is 11.4 Å². The van der Waals surface area contributed by atoms with Gasteiger partial charge in [0.1, 0.15) is 0 Å². The number of hydrogen-bond acceptors (Lipinski definition) is 2. The number of benzene rings is 9. The second kappa shape index (κ2) is 13.7. The first-order valence-corrected chi connectivity index (χ1v) is 19.2. The molecule has 10 aromatic rings. The lowest BCUT2D eigenvalue weighted by Gasteiger charge is -2.26. The number of fused-ring (bicyclic) bond motifs is 4. The maximum Gasteiger partial charge on any atom is 0.0640 e. The van der Waals surface area contributed by atoms with Gasteiger partial charge in [-0.15, -0.1) is 11.3 Å². The van der Waals surface area contributed by atoms with Crippen LogP contribution in [0.4, 0.5) is 17.1 Å². The maximum atomic E-state index is 2.41. The van der Waals surface area contributed by atoms with Gasteiger partial charge in [-0.25, -0.2) is 0 Å². The van der Waals surface area contributed by atoms with Crippen molar-refractivity contribution < 1.29 is 0 Å². The zero-order valence-corrected chi connectivity index (χ0v) is 30.4. The lowest BCUT2D eigenvalue weighted by Crippen LogP contribution is -2.10. The Morgan fingerprint density at radius 1 is 0.315 bits per heavy atom. The summed E-state index contributed by atoms with van der Waals surface area (Å²) in [5.41, 5.74) is 13.1. The molecular weight excluding hydrogens is 671 g/mol. The molecule has 0 N–H and O–H groups in total. The minimum Gasteiger partial charge on any atom is -0.309 e. The first-order chi connectivity index (χ1) is 26.8. The lowest BCUT2D eigenvalue weighted by molar-refractivity contribution is 1.30. The van der Waals surface area contributed by atoms with Crippen molar-refractivity contribution in [2.75, 3.05) is 4.90 Å². The molecule has 0 fully saturated rings. The minimum absolute atomic E-state index is 1.12. The van der Waals surface area contributed by atoms with E-state index in [-0.39, 0.29) is 0 Å². The summed E-state index contributed by atoms with van der Waals surface area (Å²) in [6.45, 7) is 0. The van der Waals surface area contributed by atoms with Gasteiger partial charge in [0.25, 0.3) is 0 Å². The van der Waals surface area contributed by atoms with Crippen LogP contribution in [0.2, 0.25) is 0 Å². The molecule has 0 radical (unpaired) electrons. The van der Waals surface area contributed by atoms with E-state index in [1.165, 1.54) is 81.1 Å². The highest BCUT2D eigenvalue weighted by Crippen LogP contribution is 2.45. The van der Waals surface area contributed by atoms with E-state index in [1.807, 2.05) is 11.3 Å². The van der Waals surface area contributed by atoms with Crippen LogP contribution in [0.3, 0.4) is 0 Å². The second-order valence-corrected chi connectivity index (χ2v) is 14.8. The van der Waals surface area contributed by atoms with Crippen molar-refractivity contribution in [3.8, 4) is 44.5 Å². The van der Waals surface area contributed by atoms with Gasteiger partial charge in [-0.3, -0.25) is 0 Å². The molecule has 254 valence electrons. The minimum atomic E-state index is 1.12. The van der Waals surface area contributed by atoms with Crippen LogP contribution in [0.25, 0.3) is 75.5 Å². The molecule has 0 aliphatic heterocycles. The molecule has 1 nitrogen and oxygen atoms in total. The Hall–Kier alpha value is -6.74. The van der Waals surface area contributed by atoms with Gasteiger partial charge in [0.2, 0.25) is 0 Å². The van der Waals surface area contributed by atoms with Crippen molar-refractivity contribution in [3.63, 3.8) is 0 Å². The first kappa shape index (κ1) is 32.0. The fraction of sp³-hybridized carbons (Fsp3) is 0. The highest BCUT2D eigenvalue weighted by molar-refractivity contribution is 7.26. The van der Waals surface area contributed by atoms with Gasteiger partial charge in [-0.1, -0.05) is 170 Å². The average molecular weight is 706 g/mol. The maximum absolute atomic E-state index is 2.41. The van der Waals surface area contributed by atoms with E-state index in [9.17, 15) is 0 Å². The zero-order valence-electron chi connectivity index (χ0n) is 29.6. The molecule has 9 aromatic carbocycles. The Morgan fingerprint density at radius 2 is 0.796 bits per heavy atom. The van der Waals surface area contributed by atoms with Crippen molar-refractivity contribution in [1.82, 2.24) is 0 Å². The van der Waals surface area contributed by atoms with Crippen LogP contribution in [-0.2, 0) is 0 Å². The summed E-state index contributed by atoms with van der Waals surface area (Å²) in [4.78, 5) is 2.41. The monoisotopic (exact) mass is 705 g/mol. The molecule has 2 heteroatoms. The summed E-state index contributed by atoms with van der Waals surface area (Å²) in [6.07, 6.45) is 0. The summed E-state index contributed by atoms with van der Waals surface area (Å²) in [5, 5.41) is 5.12. The smallest absolute Gasteiger partial charge is 0.0640 e.